The van der Waals surface area contributed by atoms with Gasteiger partial charge in [-0.1, -0.05) is 18.2 Å². The molecule has 1 aliphatic heterocycles. The molecule has 1 aromatic heterocycles. The second-order valence-corrected chi connectivity index (χ2v) is 7.84. The molecule has 1 saturated heterocycles. The predicted octanol–water partition coefficient (Wildman–Crippen LogP) is 2.98. The molecule has 2 N–H and O–H groups in total. The van der Waals surface area contributed by atoms with E-state index in [0.717, 1.165) is 32.6 Å². The quantitative estimate of drug-likeness (QED) is 0.906. The number of rotatable bonds is 5. The molecule has 0 unspecified atom stereocenters. The third-order valence-electron chi connectivity index (χ3n) is 5.06. The number of thiophene rings is 1. The van der Waals surface area contributed by atoms with Crippen molar-refractivity contribution in [2.75, 3.05) is 19.6 Å². The highest BCUT2D eigenvalue weighted by atomic mass is 32.1. The smallest absolute Gasteiger partial charge is 0.239 e. The fourth-order valence-corrected chi connectivity index (χ4v) is 4.81. The van der Waals surface area contributed by atoms with Crippen LogP contribution < -0.4 is 5.73 Å². The molecule has 0 saturated carbocycles. The maximum atomic E-state index is 12.9. The SMILES string of the molecule is CCN(CC)C(=O)[C@@H]1C[C@@H](N)CN1Cc1c(C)sc2ccccc12. The lowest BCUT2D eigenvalue weighted by molar-refractivity contribution is -0.135. The molecule has 2 aromatic rings. The lowest BCUT2D eigenvalue weighted by Crippen LogP contribution is -2.45. The van der Waals surface area contributed by atoms with Gasteiger partial charge in [0.05, 0.1) is 6.04 Å². The van der Waals surface area contributed by atoms with Crippen molar-refractivity contribution in [3.63, 3.8) is 0 Å². The summed E-state index contributed by atoms with van der Waals surface area (Å²) in [5.74, 6) is 0.227. The number of nitrogens with two attached hydrogens (primary N) is 1. The molecular weight excluding hydrogens is 318 g/mol. The van der Waals surface area contributed by atoms with Crippen molar-refractivity contribution in [2.24, 2.45) is 5.73 Å². The van der Waals surface area contributed by atoms with Gasteiger partial charge in [-0.25, -0.2) is 0 Å². The molecule has 0 spiro atoms. The number of carbonyl (C=O) groups is 1. The van der Waals surface area contributed by atoms with Crippen molar-refractivity contribution < 1.29 is 4.79 Å². The fourth-order valence-electron chi connectivity index (χ4n) is 3.74. The Labute approximate surface area is 148 Å². The van der Waals surface area contributed by atoms with Crippen LogP contribution in [0.3, 0.4) is 0 Å². The molecule has 2 heterocycles. The minimum Gasteiger partial charge on any atom is -0.342 e. The summed E-state index contributed by atoms with van der Waals surface area (Å²) >= 11 is 1.83. The molecule has 1 amide bonds. The van der Waals surface area contributed by atoms with Crippen molar-refractivity contribution >= 4 is 27.3 Å². The highest BCUT2D eigenvalue weighted by Crippen LogP contribution is 2.33. The van der Waals surface area contributed by atoms with Gasteiger partial charge >= 0.3 is 0 Å². The number of hydrogen-bond acceptors (Lipinski definition) is 4. The molecule has 24 heavy (non-hydrogen) atoms. The van der Waals surface area contributed by atoms with Gasteiger partial charge in [0.1, 0.15) is 0 Å². The zero-order valence-electron chi connectivity index (χ0n) is 14.8. The normalized spacial score (nSPS) is 21.5. The van der Waals surface area contributed by atoms with Gasteiger partial charge in [-0.05, 0) is 44.2 Å². The monoisotopic (exact) mass is 345 g/mol. The zero-order chi connectivity index (χ0) is 17.3. The number of fused-ring (bicyclic) bond motifs is 1. The molecular formula is C19H27N3OS. The van der Waals surface area contributed by atoms with Crippen molar-refractivity contribution in [3.05, 3.63) is 34.7 Å². The third kappa shape index (κ3) is 3.21. The number of hydrogen-bond donors (Lipinski definition) is 1. The van der Waals surface area contributed by atoms with E-state index < -0.39 is 0 Å². The van der Waals surface area contributed by atoms with Gasteiger partial charge in [0.15, 0.2) is 0 Å². The first-order valence-corrected chi connectivity index (χ1v) is 9.62. The first kappa shape index (κ1) is 17.4. The Kier molecular flexibility index (Phi) is 5.23. The van der Waals surface area contributed by atoms with Crippen LogP contribution in [0.1, 0.15) is 30.7 Å². The number of benzene rings is 1. The number of likely N-dealkylation sites (N-methyl/N-ethyl adjacent to an activating group) is 1. The van der Waals surface area contributed by atoms with E-state index in [1.807, 2.05) is 30.1 Å². The van der Waals surface area contributed by atoms with Gasteiger partial charge in [0.2, 0.25) is 5.91 Å². The summed E-state index contributed by atoms with van der Waals surface area (Å²) in [7, 11) is 0. The van der Waals surface area contributed by atoms with E-state index >= 15 is 0 Å². The lowest BCUT2D eigenvalue weighted by Gasteiger charge is -2.29. The molecule has 0 radical (unpaired) electrons. The topological polar surface area (TPSA) is 49.6 Å². The zero-order valence-corrected chi connectivity index (χ0v) is 15.6. The van der Waals surface area contributed by atoms with Crippen LogP contribution >= 0.6 is 11.3 Å². The van der Waals surface area contributed by atoms with Crippen molar-refractivity contribution in [3.8, 4) is 0 Å². The Morgan fingerprint density at radius 2 is 2.04 bits per heavy atom. The fraction of sp³-hybridized carbons (Fsp3) is 0.526. The highest BCUT2D eigenvalue weighted by Gasteiger charge is 2.37. The molecule has 0 aliphatic carbocycles. The van der Waals surface area contributed by atoms with E-state index in [1.165, 1.54) is 20.5 Å². The van der Waals surface area contributed by atoms with E-state index in [4.69, 9.17) is 5.73 Å². The molecule has 0 bridgehead atoms. The van der Waals surface area contributed by atoms with E-state index in [-0.39, 0.29) is 18.0 Å². The summed E-state index contributed by atoms with van der Waals surface area (Å²) in [6.45, 7) is 9.37. The van der Waals surface area contributed by atoms with Crippen molar-refractivity contribution in [2.45, 2.75) is 45.8 Å². The van der Waals surface area contributed by atoms with Crippen LogP contribution in [0.5, 0.6) is 0 Å². The number of amides is 1. The molecule has 2 atom stereocenters. The van der Waals surface area contributed by atoms with Gasteiger partial charge in [0, 0.05) is 41.8 Å². The maximum absolute atomic E-state index is 12.9. The maximum Gasteiger partial charge on any atom is 0.239 e. The Morgan fingerprint density at radius 3 is 2.75 bits per heavy atom. The van der Waals surface area contributed by atoms with Crippen LogP contribution in [0.25, 0.3) is 10.1 Å². The summed E-state index contributed by atoms with van der Waals surface area (Å²) in [4.78, 5) is 18.4. The lowest BCUT2D eigenvalue weighted by atomic mass is 10.1. The van der Waals surface area contributed by atoms with Crippen LogP contribution in [0.15, 0.2) is 24.3 Å². The van der Waals surface area contributed by atoms with E-state index in [1.54, 1.807) is 0 Å². The summed E-state index contributed by atoms with van der Waals surface area (Å²) in [5.41, 5.74) is 7.56. The van der Waals surface area contributed by atoms with Crippen molar-refractivity contribution in [1.29, 1.82) is 0 Å². The molecule has 4 nitrogen and oxygen atoms in total. The van der Waals surface area contributed by atoms with Crippen LogP contribution in [-0.2, 0) is 11.3 Å². The first-order valence-electron chi connectivity index (χ1n) is 8.80. The Balaban J connectivity index is 1.86. The van der Waals surface area contributed by atoms with Crippen molar-refractivity contribution in [1.82, 2.24) is 9.80 Å². The number of aryl methyl sites for hydroxylation is 1. The average molecular weight is 346 g/mol. The Hall–Kier alpha value is -1.43. The van der Waals surface area contributed by atoms with E-state index in [2.05, 4.69) is 36.1 Å². The minimum atomic E-state index is -0.0852. The van der Waals surface area contributed by atoms with Crippen LogP contribution in [0.4, 0.5) is 0 Å². The highest BCUT2D eigenvalue weighted by molar-refractivity contribution is 7.19. The molecule has 3 rings (SSSR count). The molecule has 1 aliphatic rings. The summed E-state index contributed by atoms with van der Waals surface area (Å²) in [6.07, 6.45) is 0.760. The van der Waals surface area contributed by atoms with Gasteiger partial charge in [0.25, 0.3) is 0 Å². The second kappa shape index (κ2) is 7.21. The summed E-state index contributed by atoms with van der Waals surface area (Å²) < 4.78 is 1.32. The Morgan fingerprint density at radius 1 is 1.33 bits per heavy atom. The largest absolute Gasteiger partial charge is 0.342 e. The molecule has 1 aromatic carbocycles. The van der Waals surface area contributed by atoms with Crippen LogP contribution in [0.2, 0.25) is 0 Å². The van der Waals surface area contributed by atoms with Gasteiger partial charge < -0.3 is 10.6 Å². The first-order chi connectivity index (χ1) is 11.5. The van der Waals surface area contributed by atoms with Crippen LogP contribution in [-0.4, -0.2) is 47.4 Å². The molecule has 5 heteroatoms. The number of carbonyl (C=O) groups excluding carboxylic acids is 1. The van der Waals surface area contributed by atoms with Gasteiger partial charge in [-0.15, -0.1) is 11.3 Å². The Bertz CT molecular complexity index is 722. The summed E-state index contributed by atoms with van der Waals surface area (Å²) in [6, 6.07) is 8.53. The average Bonchev–Trinajstić information content (AvgIpc) is 3.09. The molecule has 130 valence electrons. The van der Waals surface area contributed by atoms with E-state index in [9.17, 15) is 4.79 Å². The molecule has 1 fully saturated rings. The standard InChI is InChI=1S/C19H27N3OS/c1-4-21(5-2)19(23)17-10-14(20)11-22(17)12-16-13(3)24-18-9-7-6-8-15(16)18/h6-9,14,17H,4-5,10-12,20H2,1-3H3/t14-,17+/m1/s1. The third-order valence-corrected chi connectivity index (χ3v) is 6.19. The predicted molar refractivity (Wildman–Crippen MR) is 101 cm³/mol. The van der Waals surface area contributed by atoms with Crippen LogP contribution in [0, 0.1) is 6.92 Å². The summed E-state index contributed by atoms with van der Waals surface area (Å²) in [5, 5.41) is 1.31. The second-order valence-electron chi connectivity index (χ2n) is 6.58. The van der Waals surface area contributed by atoms with Gasteiger partial charge in [-0.3, -0.25) is 9.69 Å². The van der Waals surface area contributed by atoms with E-state index in [0.29, 0.717) is 0 Å². The number of likely N-dealkylation sites (tertiary alicyclic amines) is 1. The minimum absolute atomic E-state index is 0.0831. The number of nitrogens with zero attached hydrogens (tertiary/aromatic N) is 2. The van der Waals surface area contributed by atoms with Gasteiger partial charge in [-0.2, -0.15) is 0 Å².